The summed E-state index contributed by atoms with van der Waals surface area (Å²) in [6.45, 7) is 3.58. The van der Waals surface area contributed by atoms with E-state index in [0.29, 0.717) is 0 Å². The molecule has 1 aromatic carbocycles. The summed E-state index contributed by atoms with van der Waals surface area (Å²) in [4.78, 5) is 22.1. The molecule has 0 saturated carbocycles. The first-order chi connectivity index (χ1) is 9.27. The fraction of sp³-hybridized carbons (Fsp3) is 0.417. The molecule has 0 fully saturated rings. The van der Waals surface area contributed by atoms with Crippen molar-refractivity contribution in [1.82, 2.24) is 0 Å². The lowest BCUT2D eigenvalue weighted by molar-refractivity contribution is -0.384. The molecule has 0 bridgehead atoms. The van der Waals surface area contributed by atoms with Crippen LogP contribution in [0.25, 0.3) is 0 Å². The minimum absolute atomic E-state index is 0.0723. The number of hydrogen-bond acceptors (Lipinski definition) is 5. The normalized spacial score (nSPS) is 12.1. The topological polar surface area (TPSA) is 81.5 Å². The highest BCUT2D eigenvalue weighted by Crippen LogP contribution is 2.34. The number of nitrogens with zero attached hydrogens (tertiary/aromatic N) is 1. The summed E-state index contributed by atoms with van der Waals surface area (Å²) < 4.78 is 4.67. The van der Waals surface area contributed by atoms with Gasteiger partial charge in [0.1, 0.15) is 11.7 Å². The Morgan fingerprint density at radius 1 is 1.35 bits per heavy atom. The predicted molar refractivity (Wildman–Crippen MR) is 77.4 cm³/mol. The van der Waals surface area contributed by atoms with Gasteiger partial charge in [-0.05, 0) is 12.0 Å². The number of carbonyl (C=O) groups is 1. The molecule has 0 spiro atoms. The van der Waals surface area contributed by atoms with E-state index in [1.165, 1.54) is 13.2 Å². The number of methoxy groups -OCH3 is 1. The van der Waals surface area contributed by atoms with Gasteiger partial charge < -0.3 is 10.1 Å². The monoisotopic (exact) mass is 320 g/mol. The van der Waals surface area contributed by atoms with Gasteiger partial charge in [-0.2, -0.15) is 0 Å². The second-order valence-corrected chi connectivity index (χ2v) is 5.24. The second-order valence-electron chi connectivity index (χ2n) is 4.43. The summed E-state index contributed by atoms with van der Waals surface area (Å²) >= 11 is 11.6. The van der Waals surface area contributed by atoms with E-state index in [0.717, 1.165) is 6.07 Å². The number of esters is 1. The molecule has 1 aromatic rings. The third-order valence-electron chi connectivity index (χ3n) is 2.67. The lowest BCUT2D eigenvalue weighted by atomic mass is 10.0. The Labute approximate surface area is 126 Å². The Morgan fingerprint density at radius 3 is 2.35 bits per heavy atom. The number of rotatable bonds is 5. The summed E-state index contributed by atoms with van der Waals surface area (Å²) in [5.41, 5.74) is -0.137. The van der Waals surface area contributed by atoms with E-state index < -0.39 is 16.9 Å². The molecule has 1 unspecified atom stereocenters. The van der Waals surface area contributed by atoms with Crippen LogP contribution in [0.4, 0.5) is 11.4 Å². The molecule has 0 aliphatic heterocycles. The molecule has 0 aromatic heterocycles. The van der Waals surface area contributed by atoms with Crippen molar-refractivity contribution in [3.63, 3.8) is 0 Å². The maximum atomic E-state index is 11.7. The average molecular weight is 321 g/mol. The first-order valence-corrected chi connectivity index (χ1v) is 6.51. The van der Waals surface area contributed by atoms with Gasteiger partial charge in [-0.15, -0.1) is 0 Å². The number of halogens is 2. The fourth-order valence-corrected chi connectivity index (χ4v) is 1.92. The van der Waals surface area contributed by atoms with Gasteiger partial charge in [0, 0.05) is 6.07 Å². The number of nitro groups is 1. The lowest BCUT2D eigenvalue weighted by Crippen LogP contribution is -2.35. The van der Waals surface area contributed by atoms with E-state index in [1.807, 2.05) is 0 Å². The molecule has 0 amide bonds. The van der Waals surface area contributed by atoms with E-state index in [4.69, 9.17) is 23.2 Å². The van der Waals surface area contributed by atoms with Crippen LogP contribution in [-0.4, -0.2) is 24.0 Å². The van der Waals surface area contributed by atoms with E-state index in [-0.39, 0.29) is 27.3 Å². The predicted octanol–water partition coefficient (Wildman–Crippen LogP) is 3.51. The van der Waals surface area contributed by atoms with Crippen LogP contribution in [0.5, 0.6) is 0 Å². The van der Waals surface area contributed by atoms with Crippen molar-refractivity contribution in [2.45, 2.75) is 19.9 Å². The zero-order valence-corrected chi connectivity index (χ0v) is 12.7. The van der Waals surface area contributed by atoms with Gasteiger partial charge in [-0.1, -0.05) is 37.0 Å². The Bertz CT molecular complexity index is 534. The van der Waals surface area contributed by atoms with E-state index in [9.17, 15) is 14.9 Å². The minimum atomic E-state index is -0.726. The summed E-state index contributed by atoms with van der Waals surface area (Å²) in [6.07, 6.45) is 0. The van der Waals surface area contributed by atoms with Gasteiger partial charge in [0.25, 0.3) is 5.69 Å². The van der Waals surface area contributed by atoms with Gasteiger partial charge in [-0.3, -0.25) is 10.1 Å². The number of nitro benzene ring substituents is 1. The smallest absolute Gasteiger partial charge is 0.328 e. The van der Waals surface area contributed by atoms with E-state index >= 15 is 0 Å². The first-order valence-electron chi connectivity index (χ1n) is 5.75. The molecule has 6 nitrogen and oxygen atoms in total. The van der Waals surface area contributed by atoms with Crippen LogP contribution in [0.3, 0.4) is 0 Å². The van der Waals surface area contributed by atoms with Crippen LogP contribution in [0.2, 0.25) is 10.0 Å². The van der Waals surface area contributed by atoms with Crippen LogP contribution in [0.15, 0.2) is 12.1 Å². The number of anilines is 1. The van der Waals surface area contributed by atoms with Gasteiger partial charge >= 0.3 is 5.97 Å². The maximum absolute atomic E-state index is 11.7. The Morgan fingerprint density at radius 2 is 1.90 bits per heavy atom. The molecule has 0 aliphatic rings. The SMILES string of the molecule is COC(=O)C(Nc1cc(Cl)c(Cl)cc1[N+](=O)[O-])C(C)C. The molecule has 8 heteroatoms. The van der Waals surface area contributed by atoms with Crippen molar-refractivity contribution >= 4 is 40.5 Å². The van der Waals surface area contributed by atoms with Gasteiger partial charge in [-0.25, -0.2) is 4.79 Å². The lowest BCUT2D eigenvalue weighted by Gasteiger charge is -2.21. The maximum Gasteiger partial charge on any atom is 0.328 e. The average Bonchev–Trinajstić information content (AvgIpc) is 2.37. The van der Waals surface area contributed by atoms with Crippen LogP contribution in [0, 0.1) is 16.0 Å². The third kappa shape index (κ3) is 3.74. The molecule has 0 heterocycles. The van der Waals surface area contributed by atoms with Crippen molar-refractivity contribution in [3.8, 4) is 0 Å². The molecule has 0 aliphatic carbocycles. The summed E-state index contributed by atoms with van der Waals surface area (Å²) in [5, 5.41) is 14.0. The molecule has 0 radical (unpaired) electrons. The van der Waals surface area contributed by atoms with Crippen molar-refractivity contribution in [2.24, 2.45) is 5.92 Å². The Kier molecular flexibility index (Phi) is 5.59. The van der Waals surface area contributed by atoms with Crippen molar-refractivity contribution in [1.29, 1.82) is 0 Å². The molecule has 1 rings (SSSR count). The second kappa shape index (κ2) is 6.76. The number of nitrogens with one attached hydrogen (secondary N) is 1. The number of carbonyl (C=O) groups excluding carboxylic acids is 1. The third-order valence-corrected chi connectivity index (χ3v) is 3.39. The van der Waals surface area contributed by atoms with Crippen molar-refractivity contribution in [2.75, 3.05) is 12.4 Å². The number of benzene rings is 1. The fourth-order valence-electron chi connectivity index (χ4n) is 1.60. The van der Waals surface area contributed by atoms with Gasteiger partial charge in [0.15, 0.2) is 0 Å². The largest absolute Gasteiger partial charge is 0.467 e. The number of ether oxygens (including phenoxy) is 1. The molecule has 110 valence electrons. The molecule has 0 saturated heterocycles. The highest BCUT2D eigenvalue weighted by atomic mass is 35.5. The molecule has 20 heavy (non-hydrogen) atoms. The standard InChI is InChI=1S/C12H14Cl2N2O4/c1-6(2)11(12(17)20-3)15-9-4-7(13)8(14)5-10(9)16(18)19/h4-6,11,15H,1-3H3. The highest BCUT2D eigenvalue weighted by molar-refractivity contribution is 6.42. The van der Waals surface area contributed by atoms with Crippen LogP contribution < -0.4 is 5.32 Å². The minimum Gasteiger partial charge on any atom is -0.467 e. The Hall–Kier alpha value is -1.53. The van der Waals surface area contributed by atoms with Crippen LogP contribution >= 0.6 is 23.2 Å². The summed E-state index contributed by atoms with van der Waals surface area (Å²) in [5.74, 6) is -0.642. The van der Waals surface area contributed by atoms with Gasteiger partial charge in [0.2, 0.25) is 0 Å². The molecule has 1 N–H and O–H groups in total. The molecule has 1 atom stereocenters. The first kappa shape index (κ1) is 16.5. The summed E-state index contributed by atoms with van der Waals surface area (Å²) in [7, 11) is 1.25. The number of hydrogen-bond donors (Lipinski definition) is 1. The molecular formula is C12H14Cl2N2O4. The summed E-state index contributed by atoms with van der Waals surface area (Å²) in [6, 6.07) is 1.73. The quantitative estimate of drug-likeness (QED) is 0.510. The van der Waals surface area contributed by atoms with Gasteiger partial charge in [0.05, 0.1) is 22.1 Å². The Balaban J connectivity index is 3.21. The van der Waals surface area contributed by atoms with Crippen molar-refractivity contribution < 1.29 is 14.5 Å². The van der Waals surface area contributed by atoms with Crippen LogP contribution in [-0.2, 0) is 9.53 Å². The highest BCUT2D eigenvalue weighted by Gasteiger charge is 2.26. The van der Waals surface area contributed by atoms with Crippen molar-refractivity contribution in [3.05, 3.63) is 32.3 Å². The van der Waals surface area contributed by atoms with Crippen LogP contribution in [0.1, 0.15) is 13.8 Å². The van der Waals surface area contributed by atoms with E-state index in [2.05, 4.69) is 10.1 Å². The zero-order valence-electron chi connectivity index (χ0n) is 11.1. The van der Waals surface area contributed by atoms with E-state index in [1.54, 1.807) is 13.8 Å². The zero-order chi connectivity index (χ0) is 15.4. The molecular weight excluding hydrogens is 307 g/mol.